The molecule has 3 aromatic carbocycles. The number of nitrogens with one attached hydrogen (secondary N) is 2. The molecule has 0 saturated heterocycles. The number of amides is 1. The molecule has 0 aliphatic heterocycles. The van der Waals surface area contributed by atoms with Crippen LogP contribution in [0.25, 0.3) is 11.3 Å². The van der Waals surface area contributed by atoms with Crippen LogP contribution in [0.1, 0.15) is 45.8 Å². The molecule has 39 heavy (non-hydrogen) atoms. The molecular formula is C31H31F2N5O. The first-order valence-corrected chi connectivity index (χ1v) is 13.1. The Morgan fingerprint density at radius 2 is 1.82 bits per heavy atom. The van der Waals surface area contributed by atoms with Crippen molar-refractivity contribution in [2.24, 2.45) is 0 Å². The van der Waals surface area contributed by atoms with E-state index >= 15 is 0 Å². The van der Waals surface area contributed by atoms with Crippen molar-refractivity contribution in [3.8, 4) is 11.3 Å². The van der Waals surface area contributed by atoms with Crippen molar-refractivity contribution in [3.63, 3.8) is 0 Å². The summed E-state index contributed by atoms with van der Waals surface area (Å²) in [6.45, 7) is 1.88. The van der Waals surface area contributed by atoms with E-state index in [9.17, 15) is 13.6 Å². The monoisotopic (exact) mass is 527 g/mol. The van der Waals surface area contributed by atoms with E-state index in [0.29, 0.717) is 11.6 Å². The van der Waals surface area contributed by atoms with Crippen molar-refractivity contribution >= 4 is 17.5 Å². The number of hydrogen-bond acceptors (Lipinski definition) is 5. The average molecular weight is 528 g/mol. The Bertz CT molecular complexity index is 1470. The van der Waals surface area contributed by atoms with Crippen LogP contribution in [-0.2, 0) is 6.42 Å². The third-order valence-electron chi connectivity index (χ3n) is 6.94. The first-order chi connectivity index (χ1) is 18.9. The van der Waals surface area contributed by atoms with E-state index in [2.05, 4.69) is 46.7 Å². The summed E-state index contributed by atoms with van der Waals surface area (Å²) in [6.07, 6.45) is 4.82. The minimum atomic E-state index is -0.770. The van der Waals surface area contributed by atoms with E-state index in [1.54, 1.807) is 12.1 Å². The van der Waals surface area contributed by atoms with Crippen LogP contribution in [0.4, 0.5) is 20.4 Å². The molecule has 2 N–H and O–H groups in total. The third kappa shape index (κ3) is 6.12. The highest BCUT2D eigenvalue weighted by molar-refractivity contribution is 6.04. The molecule has 1 aliphatic carbocycles. The molecule has 1 aromatic heterocycles. The molecule has 200 valence electrons. The number of halogens is 2. The molecule has 1 atom stereocenters. The molecule has 0 spiro atoms. The van der Waals surface area contributed by atoms with E-state index < -0.39 is 17.5 Å². The maximum absolute atomic E-state index is 14.0. The lowest BCUT2D eigenvalue weighted by Gasteiger charge is -2.27. The zero-order valence-electron chi connectivity index (χ0n) is 22.0. The smallest absolute Gasteiger partial charge is 0.258 e. The standard InChI is InChI=1S/C31H31F2N5O/c1-38(2)16-6-5-15-34-31-35-19-21-17-26(24-7-3-4-8-25(24)29(21)37-31)20-9-12-23(13-10-20)36-30(39)27-18-22(32)11-14-28(27)33/h3-4,7-14,18-19,26H,5-6,15-17H2,1-2H3,(H,36,39)(H,34,35,37). The molecule has 6 nitrogen and oxygen atoms in total. The quantitative estimate of drug-likeness (QED) is 0.257. The Morgan fingerprint density at radius 1 is 1.03 bits per heavy atom. The van der Waals surface area contributed by atoms with Crippen LogP contribution >= 0.6 is 0 Å². The highest BCUT2D eigenvalue weighted by Crippen LogP contribution is 2.42. The van der Waals surface area contributed by atoms with Gasteiger partial charge in [-0.2, -0.15) is 0 Å². The average Bonchev–Trinajstić information content (AvgIpc) is 2.94. The number of anilines is 2. The highest BCUT2D eigenvalue weighted by atomic mass is 19.1. The summed E-state index contributed by atoms with van der Waals surface area (Å²) < 4.78 is 27.5. The minimum absolute atomic E-state index is 0.0903. The van der Waals surface area contributed by atoms with Gasteiger partial charge in [0.05, 0.1) is 11.3 Å². The maximum Gasteiger partial charge on any atom is 0.258 e. The number of carbonyl (C=O) groups is 1. The Balaban J connectivity index is 1.31. The largest absolute Gasteiger partial charge is 0.354 e. The van der Waals surface area contributed by atoms with Gasteiger partial charge in [0, 0.05) is 29.9 Å². The van der Waals surface area contributed by atoms with Crippen LogP contribution in [0, 0.1) is 11.6 Å². The molecule has 0 bridgehead atoms. The normalized spacial score (nSPS) is 14.0. The number of fused-ring (bicyclic) bond motifs is 3. The first-order valence-electron chi connectivity index (χ1n) is 13.1. The van der Waals surface area contributed by atoms with Gasteiger partial charge in [-0.25, -0.2) is 18.7 Å². The zero-order chi connectivity index (χ0) is 27.4. The fourth-order valence-electron chi connectivity index (χ4n) is 4.94. The summed E-state index contributed by atoms with van der Waals surface area (Å²) in [5.74, 6) is -1.40. The molecule has 1 amide bonds. The lowest BCUT2D eigenvalue weighted by Crippen LogP contribution is -2.17. The molecule has 1 aliphatic rings. The number of aromatic nitrogens is 2. The lowest BCUT2D eigenvalue weighted by molar-refractivity contribution is 0.102. The van der Waals surface area contributed by atoms with Gasteiger partial charge in [0.25, 0.3) is 5.91 Å². The van der Waals surface area contributed by atoms with Crippen molar-refractivity contribution in [3.05, 3.63) is 107 Å². The van der Waals surface area contributed by atoms with Gasteiger partial charge < -0.3 is 15.5 Å². The van der Waals surface area contributed by atoms with Crippen molar-refractivity contribution < 1.29 is 13.6 Å². The second-order valence-electron chi connectivity index (χ2n) is 10.0. The molecular weight excluding hydrogens is 496 g/mol. The minimum Gasteiger partial charge on any atom is -0.354 e. The van der Waals surface area contributed by atoms with Gasteiger partial charge in [0.15, 0.2) is 0 Å². The van der Waals surface area contributed by atoms with Gasteiger partial charge in [-0.05, 0) is 86.9 Å². The van der Waals surface area contributed by atoms with Gasteiger partial charge in [-0.3, -0.25) is 4.79 Å². The summed E-state index contributed by atoms with van der Waals surface area (Å²) in [7, 11) is 4.16. The van der Waals surface area contributed by atoms with Crippen molar-refractivity contribution in [1.29, 1.82) is 0 Å². The molecule has 4 aromatic rings. The summed E-state index contributed by atoms with van der Waals surface area (Å²) in [5, 5.41) is 6.02. The number of hydrogen-bond donors (Lipinski definition) is 2. The summed E-state index contributed by atoms with van der Waals surface area (Å²) in [4.78, 5) is 24.1. The molecule has 0 fully saturated rings. The Kier molecular flexibility index (Phi) is 7.93. The predicted molar refractivity (Wildman–Crippen MR) is 150 cm³/mol. The number of nitrogens with zero attached hydrogens (tertiary/aromatic N) is 3. The van der Waals surface area contributed by atoms with Crippen LogP contribution in [0.5, 0.6) is 0 Å². The first kappa shape index (κ1) is 26.4. The highest BCUT2D eigenvalue weighted by Gasteiger charge is 2.27. The molecule has 5 rings (SSSR count). The molecule has 1 unspecified atom stereocenters. The van der Waals surface area contributed by atoms with Crippen molar-refractivity contribution in [2.45, 2.75) is 25.2 Å². The predicted octanol–water partition coefficient (Wildman–Crippen LogP) is 6.12. The second kappa shape index (κ2) is 11.7. The summed E-state index contributed by atoms with van der Waals surface area (Å²) in [6, 6.07) is 18.6. The summed E-state index contributed by atoms with van der Waals surface area (Å²) >= 11 is 0. The van der Waals surface area contributed by atoms with Crippen LogP contribution in [0.3, 0.4) is 0 Å². The SMILES string of the molecule is CN(C)CCCCNc1ncc2c(n1)-c1ccccc1C(c1ccc(NC(=O)c3cc(F)ccc3F)cc1)C2. The van der Waals surface area contributed by atoms with Crippen LogP contribution in [-0.4, -0.2) is 48.0 Å². The zero-order valence-corrected chi connectivity index (χ0v) is 22.0. The second-order valence-corrected chi connectivity index (χ2v) is 10.0. The Labute approximate surface area is 227 Å². The molecule has 8 heteroatoms. The Morgan fingerprint density at radius 3 is 2.62 bits per heavy atom. The number of carbonyl (C=O) groups excluding carboxylic acids is 1. The van der Waals surface area contributed by atoms with E-state index in [4.69, 9.17) is 4.98 Å². The van der Waals surface area contributed by atoms with Gasteiger partial charge in [-0.15, -0.1) is 0 Å². The van der Waals surface area contributed by atoms with Crippen LogP contribution in [0.15, 0.2) is 72.9 Å². The van der Waals surface area contributed by atoms with Crippen molar-refractivity contribution in [2.75, 3.05) is 37.8 Å². The number of unbranched alkanes of at least 4 members (excludes halogenated alkanes) is 1. The van der Waals surface area contributed by atoms with Gasteiger partial charge in [0.1, 0.15) is 11.6 Å². The fourth-order valence-corrected chi connectivity index (χ4v) is 4.94. The number of benzene rings is 3. The molecule has 0 radical (unpaired) electrons. The third-order valence-corrected chi connectivity index (χ3v) is 6.94. The van der Waals surface area contributed by atoms with Gasteiger partial charge >= 0.3 is 0 Å². The van der Waals surface area contributed by atoms with Crippen LogP contribution < -0.4 is 10.6 Å². The maximum atomic E-state index is 14.0. The van der Waals surface area contributed by atoms with E-state index in [1.807, 2.05) is 30.5 Å². The number of rotatable bonds is 9. The van der Waals surface area contributed by atoms with Crippen molar-refractivity contribution in [1.82, 2.24) is 14.9 Å². The van der Waals surface area contributed by atoms with Crippen LogP contribution in [0.2, 0.25) is 0 Å². The van der Waals surface area contributed by atoms with Gasteiger partial charge in [0.2, 0.25) is 5.95 Å². The fraction of sp³-hybridized carbons (Fsp3) is 0.258. The van der Waals surface area contributed by atoms with Gasteiger partial charge in [-0.1, -0.05) is 36.4 Å². The molecule has 0 saturated carbocycles. The van der Waals surface area contributed by atoms with E-state index in [-0.39, 0.29) is 11.5 Å². The summed E-state index contributed by atoms with van der Waals surface area (Å²) in [5.41, 5.74) is 5.54. The van der Waals surface area contributed by atoms with E-state index in [0.717, 1.165) is 72.9 Å². The molecule has 1 heterocycles. The van der Waals surface area contributed by atoms with E-state index in [1.165, 1.54) is 5.56 Å². The lowest BCUT2D eigenvalue weighted by atomic mass is 9.78. The topological polar surface area (TPSA) is 70.2 Å². The Hall–Kier alpha value is -4.17.